The van der Waals surface area contributed by atoms with E-state index in [1.54, 1.807) is 6.20 Å². The zero-order chi connectivity index (χ0) is 24.4. The molecule has 4 aromatic rings. The minimum Gasteiger partial charge on any atom is -0.480 e. The van der Waals surface area contributed by atoms with E-state index < -0.39 is 11.8 Å². The van der Waals surface area contributed by atoms with Crippen LogP contribution in [0.25, 0.3) is 22.2 Å². The lowest BCUT2D eigenvalue weighted by atomic mass is 9.97. The number of nitrogens with zero attached hydrogens (tertiary/aromatic N) is 4. The van der Waals surface area contributed by atoms with E-state index in [-0.39, 0.29) is 23.0 Å². The van der Waals surface area contributed by atoms with E-state index in [9.17, 15) is 9.59 Å². The van der Waals surface area contributed by atoms with Crippen LogP contribution in [0.5, 0.6) is 11.9 Å². The molecule has 4 heterocycles. The molecule has 5 rings (SSSR count). The van der Waals surface area contributed by atoms with Gasteiger partial charge in [-0.1, -0.05) is 30.3 Å². The lowest BCUT2D eigenvalue weighted by Crippen LogP contribution is -2.23. The Labute approximate surface area is 201 Å². The molecular formula is C26H23N5O4. The monoisotopic (exact) mass is 469 g/mol. The number of methoxy groups -OCH3 is 2. The largest absolute Gasteiger partial charge is 0.480 e. The molecule has 35 heavy (non-hydrogen) atoms. The van der Waals surface area contributed by atoms with E-state index >= 15 is 0 Å². The molecule has 1 N–H and O–H groups in total. The number of benzene rings is 1. The van der Waals surface area contributed by atoms with Crippen molar-refractivity contribution < 1.29 is 19.1 Å². The molecule has 3 aromatic heterocycles. The van der Waals surface area contributed by atoms with Crippen LogP contribution in [-0.2, 0) is 22.6 Å². The molecule has 0 radical (unpaired) electrons. The first-order valence-electron chi connectivity index (χ1n) is 11.1. The fraction of sp³-hybridized carbons (Fsp3) is 0.192. The van der Waals surface area contributed by atoms with Crippen LogP contribution in [0, 0.1) is 0 Å². The molecule has 9 nitrogen and oxygen atoms in total. The SMILES string of the molecule is COc1ncc(C2=C(c3cn(CCCc4ccccc4)c4ncccc34)C(=O)NC2=O)c(OC)n1. The van der Waals surface area contributed by atoms with Gasteiger partial charge in [0.25, 0.3) is 11.8 Å². The Balaban J connectivity index is 1.59. The lowest BCUT2D eigenvalue weighted by Gasteiger charge is -2.09. The van der Waals surface area contributed by atoms with Crippen molar-refractivity contribution in [1.82, 2.24) is 24.8 Å². The van der Waals surface area contributed by atoms with Crippen LogP contribution in [0.1, 0.15) is 23.1 Å². The summed E-state index contributed by atoms with van der Waals surface area (Å²) < 4.78 is 12.5. The van der Waals surface area contributed by atoms with Crippen molar-refractivity contribution >= 4 is 34.0 Å². The van der Waals surface area contributed by atoms with Gasteiger partial charge in [-0.25, -0.2) is 9.97 Å². The minimum atomic E-state index is -0.536. The van der Waals surface area contributed by atoms with Crippen molar-refractivity contribution in [3.63, 3.8) is 0 Å². The number of amides is 2. The molecule has 1 aliphatic rings. The molecule has 1 aliphatic heterocycles. The van der Waals surface area contributed by atoms with Gasteiger partial charge in [-0.2, -0.15) is 4.98 Å². The summed E-state index contributed by atoms with van der Waals surface area (Å²) in [6.07, 6.45) is 6.83. The average molecular weight is 470 g/mol. The Morgan fingerprint density at radius 1 is 0.914 bits per heavy atom. The second kappa shape index (κ2) is 9.38. The van der Waals surface area contributed by atoms with Crippen LogP contribution in [0.2, 0.25) is 0 Å². The maximum Gasteiger partial charge on any atom is 0.319 e. The number of ether oxygens (including phenoxy) is 2. The fourth-order valence-corrected chi connectivity index (χ4v) is 4.34. The highest BCUT2D eigenvalue weighted by Crippen LogP contribution is 2.38. The zero-order valence-corrected chi connectivity index (χ0v) is 19.3. The van der Waals surface area contributed by atoms with Gasteiger partial charge in [-0.15, -0.1) is 0 Å². The van der Waals surface area contributed by atoms with Crippen molar-refractivity contribution in [1.29, 1.82) is 0 Å². The maximum absolute atomic E-state index is 13.0. The molecule has 0 atom stereocenters. The molecule has 0 saturated heterocycles. The molecule has 0 fully saturated rings. The predicted octanol–water partition coefficient (Wildman–Crippen LogP) is 3.04. The van der Waals surface area contributed by atoms with Gasteiger partial charge in [0.2, 0.25) is 5.88 Å². The molecule has 1 aromatic carbocycles. The van der Waals surface area contributed by atoms with Gasteiger partial charge in [0.1, 0.15) is 5.65 Å². The summed E-state index contributed by atoms with van der Waals surface area (Å²) in [5.41, 5.74) is 3.31. The van der Waals surface area contributed by atoms with Crippen molar-refractivity contribution in [2.45, 2.75) is 19.4 Å². The molecule has 0 unspecified atom stereocenters. The van der Waals surface area contributed by atoms with Crippen LogP contribution in [0.4, 0.5) is 0 Å². The summed E-state index contributed by atoms with van der Waals surface area (Å²) in [5.74, 6) is -0.889. The van der Waals surface area contributed by atoms with E-state index in [0.29, 0.717) is 17.7 Å². The van der Waals surface area contributed by atoms with Gasteiger partial charge in [0, 0.05) is 36.1 Å². The van der Waals surface area contributed by atoms with Crippen LogP contribution in [0.15, 0.2) is 61.1 Å². The standard InChI is InChI=1S/C26H23N5O4/c1-34-25-18(14-28-26(30-25)35-2)20-21(24(33)29-23(20)32)19-15-31(22-17(19)11-6-12-27-22)13-7-10-16-8-4-3-5-9-16/h3-6,8-9,11-12,14-15H,7,10,13H2,1-2H3,(H,29,32,33). The number of imide groups is 1. The molecule has 9 heteroatoms. The number of aryl methyl sites for hydroxylation is 2. The third-order valence-corrected chi connectivity index (χ3v) is 5.92. The lowest BCUT2D eigenvalue weighted by molar-refractivity contribution is -0.122. The highest BCUT2D eigenvalue weighted by atomic mass is 16.5. The minimum absolute atomic E-state index is 0.0942. The van der Waals surface area contributed by atoms with E-state index in [0.717, 1.165) is 23.9 Å². The molecular weight excluding hydrogens is 446 g/mol. The number of aromatic nitrogens is 4. The Morgan fingerprint density at radius 2 is 1.69 bits per heavy atom. The van der Waals surface area contributed by atoms with Crippen molar-refractivity contribution in [2.24, 2.45) is 0 Å². The highest BCUT2D eigenvalue weighted by molar-refractivity contribution is 6.50. The molecule has 0 spiro atoms. The zero-order valence-electron chi connectivity index (χ0n) is 19.3. The number of nitrogens with one attached hydrogen (secondary N) is 1. The molecule has 2 amide bonds. The normalized spacial score (nSPS) is 13.4. The number of pyridine rings is 1. The smallest absolute Gasteiger partial charge is 0.319 e. The number of carbonyl (C=O) groups excluding carboxylic acids is 2. The van der Waals surface area contributed by atoms with Gasteiger partial charge in [-0.3, -0.25) is 14.9 Å². The van der Waals surface area contributed by atoms with Gasteiger partial charge in [-0.05, 0) is 30.5 Å². The topological polar surface area (TPSA) is 108 Å². The second-order valence-electron chi connectivity index (χ2n) is 8.01. The van der Waals surface area contributed by atoms with Crippen molar-refractivity contribution in [2.75, 3.05) is 14.2 Å². The van der Waals surface area contributed by atoms with Crippen LogP contribution in [0.3, 0.4) is 0 Å². The number of hydrogen-bond acceptors (Lipinski definition) is 7. The second-order valence-corrected chi connectivity index (χ2v) is 8.01. The summed E-state index contributed by atoms with van der Waals surface area (Å²) in [5, 5.41) is 3.18. The van der Waals surface area contributed by atoms with Gasteiger partial charge in [0.15, 0.2) is 0 Å². The number of fused-ring (bicyclic) bond motifs is 1. The van der Waals surface area contributed by atoms with E-state index in [1.807, 2.05) is 41.1 Å². The first-order valence-corrected chi connectivity index (χ1v) is 11.1. The summed E-state index contributed by atoms with van der Waals surface area (Å²) in [4.78, 5) is 38.8. The summed E-state index contributed by atoms with van der Waals surface area (Å²) in [7, 11) is 2.87. The third-order valence-electron chi connectivity index (χ3n) is 5.92. The highest BCUT2D eigenvalue weighted by Gasteiger charge is 2.36. The summed E-state index contributed by atoms with van der Waals surface area (Å²) in [6, 6.07) is 14.1. The van der Waals surface area contributed by atoms with Crippen molar-refractivity contribution in [3.8, 4) is 11.9 Å². The van der Waals surface area contributed by atoms with Crippen LogP contribution in [-0.4, -0.2) is 45.6 Å². The summed E-state index contributed by atoms with van der Waals surface area (Å²) >= 11 is 0. The third kappa shape index (κ3) is 4.12. The molecule has 0 bridgehead atoms. The molecule has 0 saturated carbocycles. The quantitative estimate of drug-likeness (QED) is 0.395. The van der Waals surface area contributed by atoms with Crippen molar-refractivity contribution in [3.05, 3.63) is 77.7 Å². The first-order chi connectivity index (χ1) is 17.1. The van der Waals surface area contributed by atoms with E-state index in [4.69, 9.17) is 9.47 Å². The molecule has 176 valence electrons. The molecule has 0 aliphatic carbocycles. The van der Waals surface area contributed by atoms with Crippen LogP contribution >= 0.6 is 0 Å². The fourth-order valence-electron chi connectivity index (χ4n) is 4.34. The summed E-state index contributed by atoms with van der Waals surface area (Å²) in [6.45, 7) is 0.704. The van der Waals surface area contributed by atoms with Crippen LogP contribution < -0.4 is 14.8 Å². The van der Waals surface area contributed by atoms with Gasteiger partial charge in [0.05, 0.1) is 30.9 Å². The Bertz CT molecular complexity index is 1460. The maximum atomic E-state index is 13.0. The van der Waals surface area contributed by atoms with E-state index in [1.165, 1.54) is 26.0 Å². The Hall–Kier alpha value is -4.53. The average Bonchev–Trinajstić information content (AvgIpc) is 3.39. The predicted molar refractivity (Wildman–Crippen MR) is 130 cm³/mol. The number of rotatable bonds is 8. The Morgan fingerprint density at radius 3 is 2.43 bits per heavy atom. The number of hydrogen-bond donors (Lipinski definition) is 1. The van der Waals surface area contributed by atoms with Gasteiger partial charge >= 0.3 is 6.01 Å². The first kappa shape index (κ1) is 22.3. The Kier molecular flexibility index (Phi) is 5.97. The van der Waals surface area contributed by atoms with E-state index in [2.05, 4.69) is 32.4 Å². The number of carbonyl (C=O) groups is 2. The van der Waals surface area contributed by atoms with Gasteiger partial charge < -0.3 is 14.0 Å².